The van der Waals surface area contributed by atoms with Crippen molar-refractivity contribution in [2.45, 2.75) is 12.5 Å². The molecule has 0 saturated heterocycles. The Labute approximate surface area is 129 Å². The predicted octanol–water partition coefficient (Wildman–Crippen LogP) is 5.17. The molecule has 0 aliphatic heterocycles. The molecule has 2 aromatic rings. The summed E-state index contributed by atoms with van der Waals surface area (Å²) < 4.78 is 14.2. The summed E-state index contributed by atoms with van der Waals surface area (Å²) in [5.41, 5.74) is 1.05. The lowest BCUT2D eigenvalue weighted by Gasteiger charge is -2.13. The molecule has 19 heavy (non-hydrogen) atoms. The van der Waals surface area contributed by atoms with Gasteiger partial charge in [0.15, 0.2) is 0 Å². The molecule has 0 spiro atoms. The van der Waals surface area contributed by atoms with Gasteiger partial charge in [0.1, 0.15) is 5.82 Å². The average molecular weight is 364 g/mol. The van der Waals surface area contributed by atoms with Gasteiger partial charge in [-0.2, -0.15) is 0 Å². The molecule has 1 atom stereocenters. The highest BCUT2D eigenvalue weighted by Crippen LogP contribution is 2.30. The minimum Gasteiger partial charge on any atom is -0.388 e. The smallest absolute Gasteiger partial charge is 0.130 e. The molecule has 100 valence electrons. The summed E-state index contributed by atoms with van der Waals surface area (Å²) in [6.45, 7) is 0. The van der Waals surface area contributed by atoms with Crippen molar-refractivity contribution in [1.29, 1.82) is 0 Å². The van der Waals surface area contributed by atoms with Gasteiger partial charge in [-0.15, -0.1) is 0 Å². The molecule has 0 amide bonds. The molecule has 0 bridgehead atoms. The normalized spacial score (nSPS) is 12.5. The van der Waals surface area contributed by atoms with Crippen molar-refractivity contribution >= 4 is 39.1 Å². The van der Waals surface area contributed by atoms with E-state index in [0.29, 0.717) is 20.9 Å². The molecule has 0 aliphatic rings. The van der Waals surface area contributed by atoms with Gasteiger partial charge in [-0.3, -0.25) is 0 Å². The van der Waals surface area contributed by atoms with Crippen LogP contribution in [-0.4, -0.2) is 5.11 Å². The van der Waals surface area contributed by atoms with Gasteiger partial charge in [-0.05, 0) is 45.8 Å². The van der Waals surface area contributed by atoms with Gasteiger partial charge >= 0.3 is 0 Å². The molecule has 2 aromatic carbocycles. The van der Waals surface area contributed by atoms with Crippen LogP contribution in [0.1, 0.15) is 17.2 Å². The SMILES string of the molecule is OC(Cc1ccc(Cl)cc1)c1cc(Cl)c(Br)cc1F. The maximum absolute atomic E-state index is 13.8. The van der Waals surface area contributed by atoms with Crippen molar-refractivity contribution in [2.75, 3.05) is 0 Å². The first-order valence-electron chi connectivity index (χ1n) is 5.54. The van der Waals surface area contributed by atoms with Gasteiger partial charge < -0.3 is 5.11 Å². The van der Waals surface area contributed by atoms with Crippen LogP contribution in [0, 0.1) is 5.82 Å². The summed E-state index contributed by atoms with van der Waals surface area (Å²) in [5, 5.41) is 11.1. The summed E-state index contributed by atoms with van der Waals surface area (Å²) in [7, 11) is 0. The quantitative estimate of drug-likeness (QED) is 0.745. The van der Waals surface area contributed by atoms with E-state index in [1.807, 2.05) is 0 Å². The summed E-state index contributed by atoms with van der Waals surface area (Å²) in [6, 6.07) is 9.74. The Morgan fingerprint density at radius 1 is 1.16 bits per heavy atom. The van der Waals surface area contributed by atoms with E-state index >= 15 is 0 Å². The number of rotatable bonds is 3. The molecule has 0 saturated carbocycles. The van der Waals surface area contributed by atoms with Crippen molar-refractivity contribution < 1.29 is 9.50 Å². The first kappa shape index (κ1) is 14.8. The van der Waals surface area contributed by atoms with Crippen LogP contribution in [0.15, 0.2) is 40.9 Å². The molecule has 5 heteroatoms. The molecule has 1 N–H and O–H groups in total. The minimum absolute atomic E-state index is 0.183. The predicted molar refractivity (Wildman–Crippen MR) is 79.2 cm³/mol. The summed E-state index contributed by atoms with van der Waals surface area (Å²) >= 11 is 14.8. The van der Waals surface area contributed by atoms with E-state index in [2.05, 4.69) is 15.9 Å². The van der Waals surface area contributed by atoms with Crippen LogP contribution in [0.3, 0.4) is 0 Å². The number of aliphatic hydroxyl groups is 1. The third-order valence-electron chi connectivity index (χ3n) is 2.74. The topological polar surface area (TPSA) is 20.2 Å². The summed E-state index contributed by atoms with van der Waals surface area (Å²) in [4.78, 5) is 0. The van der Waals surface area contributed by atoms with Gasteiger partial charge in [0.05, 0.1) is 11.1 Å². The largest absolute Gasteiger partial charge is 0.388 e. The Bertz CT molecular complexity index is 587. The zero-order chi connectivity index (χ0) is 14.0. The molecule has 1 unspecified atom stereocenters. The van der Waals surface area contributed by atoms with Crippen LogP contribution in [0.5, 0.6) is 0 Å². The second kappa shape index (κ2) is 6.23. The van der Waals surface area contributed by atoms with Crippen LogP contribution in [0.25, 0.3) is 0 Å². The maximum atomic E-state index is 13.8. The average Bonchev–Trinajstić information content (AvgIpc) is 2.36. The Morgan fingerprint density at radius 3 is 2.42 bits per heavy atom. The minimum atomic E-state index is -0.952. The number of hydrogen-bond acceptors (Lipinski definition) is 1. The lowest BCUT2D eigenvalue weighted by atomic mass is 10.0. The number of benzene rings is 2. The van der Waals surface area contributed by atoms with E-state index < -0.39 is 11.9 Å². The van der Waals surface area contributed by atoms with E-state index in [-0.39, 0.29) is 5.56 Å². The van der Waals surface area contributed by atoms with Gasteiger partial charge in [0.25, 0.3) is 0 Å². The highest BCUT2D eigenvalue weighted by atomic mass is 79.9. The zero-order valence-electron chi connectivity index (χ0n) is 9.71. The number of aliphatic hydroxyl groups excluding tert-OH is 1. The fourth-order valence-electron chi connectivity index (χ4n) is 1.75. The zero-order valence-corrected chi connectivity index (χ0v) is 12.8. The lowest BCUT2D eigenvalue weighted by Crippen LogP contribution is -2.04. The number of halogens is 4. The fourth-order valence-corrected chi connectivity index (χ4v) is 2.36. The van der Waals surface area contributed by atoms with Crippen molar-refractivity contribution in [3.8, 4) is 0 Å². The number of hydrogen-bond donors (Lipinski definition) is 1. The van der Waals surface area contributed by atoms with Crippen LogP contribution in [-0.2, 0) is 6.42 Å². The van der Waals surface area contributed by atoms with Crippen LogP contribution in [0.4, 0.5) is 4.39 Å². The monoisotopic (exact) mass is 362 g/mol. The molecule has 1 nitrogen and oxygen atoms in total. The molecule has 0 aromatic heterocycles. The second-order valence-electron chi connectivity index (χ2n) is 4.13. The van der Waals surface area contributed by atoms with E-state index in [4.69, 9.17) is 23.2 Å². The fraction of sp³-hybridized carbons (Fsp3) is 0.143. The molecule has 0 heterocycles. The Hall–Kier alpha value is -0.610. The highest BCUT2D eigenvalue weighted by Gasteiger charge is 2.15. The third-order valence-corrected chi connectivity index (χ3v) is 4.19. The standard InChI is InChI=1S/C14H10BrCl2FO/c15-11-7-13(18)10(6-12(11)17)14(19)5-8-1-3-9(16)4-2-8/h1-4,6-7,14,19H,5H2. The Morgan fingerprint density at radius 2 is 1.79 bits per heavy atom. The van der Waals surface area contributed by atoms with Gasteiger partial charge in [0, 0.05) is 21.5 Å². The van der Waals surface area contributed by atoms with Crippen molar-refractivity contribution in [3.05, 3.63) is 67.9 Å². The Balaban J connectivity index is 2.22. The summed E-state index contributed by atoms with van der Waals surface area (Å²) in [5.74, 6) is -0.488. The Kier molecular flexibility index (Phi) is 4.85. The highest BCUT2D eigenvalue weighted by molar-refractivity contribution is 9.10. The molecule has 0 fully saturated rings. The second-order valence-corrected chi connectivity index (χ2v) is 5.83. The first-order chi connectivity index (χ1) is 8.97. The van der Waals surface area contributed by atoms with Crippen molar-refractivity contribution in [3.63, 3.8) is 0 Å². The van der Waals surface area contributed by atoms with E-state index in [1.54, 1.807) is 24.3 Å². The van der Waals surface area contributed by atoms with E-state index in [9.17, 15) is 9.50 Å². The van der Waals surface area contributed by atoms with Crippen LogP contribution in [0.2, 0.25) is 10.0 Å². The lowest BCUT2D eigenvalue weighted by molar-refractivity contribution is 0.173. The van der Waals surface area contributed by atoms with E-state index in [1.165, 1.54) is 12.1 Å². The molecule has 2 rings (SSSR count). The van der Waals surface area contributed by atoms with Gasteiger partial charge in [-0.25, -0.2) is 4.39 Å². The third kappa shape index (κ3) is 3.69. The summed E-state index contributed by atoms with van der Waals surface area (Å²) in [6.07, 6.45) is -0.654. The van der Waals surface area contributed by atoms with Crippen molar-refractivity contribution in [1.82, 2.24) is 0 Å². The molecule has 0 radical (unpaired) electrons. The van der Waals surface area contributed by atoms with Crippen molar-refractivity contribution in [2.24, 2.45) is 0 Å². The van der Waals surface area contributed by atoms with Gasteiger partial charge in [0.2, 0.25) is 0 Å². The maximum Gasteiger partial charge on any atom is 0.130 e. The first-order valence-corrected chi connectivity index (χ1v) is 7.09. The molecular weight excluding hydrogens is 354 g/mol. The molecule has 0 aliphatic carbocycles. The molecular formula is C14H10BrCl2FO. The van der Waals surface area contributed by atoms with Crippen LogP contribution >= 0.6 is 39.1 Å². The van der Waals surface area contributed by atoms with E-state index in [0.717, 1.165) is 5.56 Å². The van der Waals surface area contributed by atoms with Crippen LogP contribution < -0.4 is 0 Å². The van der Waals surface area contributed by atoms with Gasteiger partial charge in [-0.1, -0.05) is 35.3 Å².